The standard InChI is InChI=1S/C33H43N3O5S/c1-9-28(32(38)34-33(5,6)7)35(21-26-12-10-11-24(3)19-26)31(37)22-36(29-20-25(4)15-18-30(29)41-8)42(39,40)27-16-13-23(2)14-17-27/h10-20,28H,9,21-22H2,1-8H3,(H,34,38)/t28-/m0/s1. The summed E-state index contributed by atoms with van der Waals surface area (Å²) in [6, 6.07) is 18.6. The predicted octanol–water partition coefficient (Wildman–Crippen LogP) is 5.54. The zero-order chi connectivity index (χ0) is 31.2. The average Bonchev–Trinajstić information content (AvgIpc) is 2.90. The molecule has 1 atom stereocenters. The summed E-state index contributed by atoms with van der Waals surface area (Å²) >= 11 is 0. The first-order valence-electron chi connectivity index (χ1n) is 14.1. The van der Waals surface area contributed by atoms with Crippen molar-refractivity contribution in [3.8, 4) is 5.75 Å². The minimum Gasteiger partial charge on any atom is -0.495 e. The molecule has 0 radical (unpaired) electrons. The van der Waals surface area contributed by atoms with Gasteiger partial charge in [0.1, 0.15) is 18.3 Å². The monoisotopic (exact) mass is 593 g/mol. The van der Waals surface area contributed by atoms with Crippen LogP contribution in [0, 0.1) is 20.8 Å². The molecule has 0 fully saturated rings. The van der Waals surface area contributed by atoms with Gasteiger partial charge in [0.15, 0.2) is 0 Å². The number of ether oxygens (including phenoxy) is 1. The lowest BCUT2D eigenvalue weighted by Gasteiger charge is -2.35. The third kappa shape index (κ3) is 8.12. The van der Waals surface area contributed by atoms with E-state index in [2.05, 4.69) is 5.32 Å². The number of carbonyl (C=O) groups is 2. The number of sulfonamides is 1. The van der Waals surface area contributed by atoms with Crippen molar-refractivity contribution in [2.24, 2.45) is 0 Å². The second-order valence-corrected chi connectivity index (χ2v) is 13.5. The van der Waals surface area contributed by atoms with Crippen LogP contribution in [0.5, 0.6) is 5.75 Å². The van der Waals surface area contributed by atoms with E-state index in [-0.39, 0.29) is 23.0 Å². The van der Waals surface area contributed by atoms with Gasteiger partial charge in [0.05, 0.1) is 17.7 Å². The van der Waals surface area contributed by atoms with Gasteiger partial charge < -0.3 is 15.0 Å². The molecule has 3 rings (SSSR count). The minimum atomic E-state index is -4.20. The highest BCUT2D eigenvalue weighted by Gasteiger charge is 2.35. The minimum absolute atomic E-state index is 0.0483. The van der Waals surface area contributed by atoms with Crippen molar-refractivity contribution in [3.05, 3.63) is 89.0 Å². The number of nitrogens with zero attached hydrogens (tertiary/aromatic N) is 2. The summed E-state index contributed by atoms with van der Waals surface area (Å²) < 4.78 is 35.0. The smallest absolute Gasteiger partial charge is 0.264 e. The molecule has 0 aromatic heterocycles. The number of hydrogen-bond acceptors (Lipinski definition) is 5. The van der Waals surface area contributed by atoms with Crippen molar-refractivity contribution in [2.75, 3.05) is 18.0 Å². The van der Waals surface area contributed by atoms with Crippen LogP contribution >= 0.6 is 0 Å². The van der Waals surface area contributed by atoms with Gasteiger partial charge >= 0.3 is 0 Å². The van der Waals surface area contributed by atoms with Gasteiger partial charge in [-0.25, -0.2) is 8.42 Å². The van der Waals surface area contributed by atoms with Crippen LogP contribution in [-0.2, 0) is 26.2 Å². The summed E-state index contributed by atoms with van der Waals surface area (Å²) in [5.41, 5.74) is 3.29. The Bertz CT molecular complexity index is 1510. The van der Waals surface area contributed by atoms with E-state index in [4.69, 9.17) is 4.74 Å². The van der Waals surface area contributed by atoms with E-state index in [1.807, 2.05) is 78.8 Å². The highest BCUT2D eigenvalue weighted by molar-refractivity contribution is 7.92. The van der Waals surface area contributed by atoms with Crippen LogP contribution < -0.4 is 14.4 Å². The lowest BCUT2D eigenvalue weighted by Crippen LogP contribution is -2.55. The second kappa shape index (κ2) is 13.4. The largest absolute Gasteiger partial charge is 0.495 e. The number of aryl methyl sites for hydroxylation is 3. The number of benzene rings is 3. The number of anilines is 1. The molecule has 0 aliphatic heterocycles. The summed E-state index contributed by atoms with van der Waals surface area (Å²) in [7, 11) is -2.75. The van der Waals surface area contributed by atoms with Crippen molar-refractivity contribution >= 4 is 27.5 Å². The SMILES string of the molecule is CC[C@@H](C(=O)NC(C)(C)C)N(Cc1cccc(C)c1)C(=O)CN(c1cc(C)ccc1OC)S(=O)(=O)c1ccc(C)cc1. The molecule has 9 heteroatoms. The van der Waals surface area contributed by atoms with Crippen molar-refractivity contribution in [2.45, 2.75) is 77.9 Å². The van der Waals surface area contributed by atoms with Gasteiger partial charge in [-0.1, -0.05) is 60.5 Å². The Kier molecular flexibility index (Phi) is 10.4. The maximum absolute atomic E-state index is 14.3. The maximum Gasteiger partial charge on any atom is 0.264 e. The average molecular weight is 594 g/mol. The van der Waals surface area contributed by atoms with Crippen LogP contribution in [0.3, 0.4) is 0 Å². The lowest BCUT2D eigenvalue weighted by molar-refractivity contribution is -0.141. The Balaban J connectivity index is 2.15. The molecule has 0 spiro atoms. The first kappa shape index (κ1) is 32.7. The van der Waals surface area contributed by atoms with Gasteiger partial charge in [0.25, 0.3) is 10.0 Å². The molecule has 226 valence electrons. The fraction of sp³-hybridized carbons (Fsp3) is 0.394. The molecule has 1 N–H and O–H groups in total. The van der Waals surface area contributed by atoms with Crippen molar-refractivity contribution < 1.29 is 22.7 Å². The summed E-state index contributed by atoms with van der Waals surface area (Å²) in [5.74, 6) is -0.495. The van der Waals surface area contributed by atoms with E-state index in [9.17, 15) is 18.0 Å². The summed E-state index contributed by atoms with van der Waals surface area (Å²) in [5, 5.41) is 2.99. The highest BCUT2D eigenvalue weighted by Crippen LogP contribution is 2.34. The maximum atomic E-state index is 14.3. The van der Waals surface area contributed by atoms with Gasteiger partial charge in [-0.2, -0.15) is 0 Å². The number of amides is 2. The third-order valence-electron chi connectivity index (χ3n) is 6.81. The molecular formula is C33H43N3O5S. The van der Waals surface area contributed by atoms with Crippen LogP contribution in [-0.4, -0.2) is 50.4 Å². The van der Waals surface area contributed by atoms with Crippen molar-refractivity contribution in [1.29, 1.82) is 0 Å². The molecule has 8 nitrogen and oxygen atoms in total. The second-order valence-electron chi connectivity index (χ2n) is 11.7. The summed E-state index contributed by atoms with van der Waals surface area (Å²) in [6.07, 6.45) is 0.345. The zero-order valence-corrected chi connectivity index (χ0v) is 26.7. The predicted molar refractivity (Wildman–Crippen MR) is 167 cm³/mol. The quantitative estimate of drug-likeness (QED) is 0.315. The van der Waals surface area contributed by atoms with Gasteiger partial charge in [-0.3, -0.25) is 13.9 Å². The molecule has 0 saturated carbocycles. The molecule has 0 aliphatic carbocycles. The zero-order valence-electron chi connectivity index (χ0n) is 25.9. The normalized spacial score (nSPS) is 12.4. The van der Waals surface area contributed by atoms with Crippen LogP contribution in [0.25, 0.3) is 0 Å². The first-order chi connectivity index (χ1) is 19.7. The fourth-order valence-corrected chi connectivity index (χ4v) is 6.14. The van der Waals surface area contributed by atoms with Crippen LogP contribution in [0.1, 0.15) is 56.4 Å². The van der Waals surface area contributed by atoms with Gasteiger partial charge in [-0.15, -0.1) is 0 Å². The van der Waals surface area contributed by atoms with E-state index in [0.29, 0.717) is 12.2 Å². The highest BCUT2D eigenvalue weighted by atomic mass is 32.2. The molecule has 42 heavy (non-hydrogen) atoms. The van der Waals surface area contributed by atoms with E-state index < -0.39 is 34.1 Å². The van der Waals surface area contributed by atoms with Crippen LogP contribution in [0.4, 0.5) is 5.69 Å². The van der Waals surface area contributed by atoms with Crippen LogP contribution in [0.2, 0.25) is 0 Å². The molecule has 0 aliphatic rings. The number of nitrogens with one attached hydrogen (secondary N) is 1. The molecule has 3 aromatic rings. The Morgan fingerprint density at radius 2 is 1.52 bits per heavy atom. The molecular weight excluding hydrogens is 550 g/mol. The van der Waals surface area contributed by atoms with Crippen molar-refractivity contribution in [1.82, 2.24) is 10.2 Å². The Hall–Kier alpha value is -3.85. The van der Waals surface area contributed by atoms with Gasteiger partial charge in [-0.05, 0) is 83.4 Å². The lowest BCUT2D eigenvalue weighted by atomic mass is 10.0. The Morgan fingerprint density at radius 1 is 0.905 bits per heavy atom. The van der Waals surface area contributed by atoms with Crippen LogP contribution in [0.15, 0.2) is 71.6 Å². The molecule has 0 heterocycles. The van der Waals surface area contributed by atoms with E-state index >= 15 is 0 Å². The Morgan fingerprint density at radius 3 is 2.10 bits per heavy atom. The van der Waals surface area contributed by atoms with Gasteiger partial charge in [0.2, 0.25) is 11.8 Å². The molecule has 0 saturated heterocycles. The topological polar surface area (TPSA) is 96.0 Å². The molecule has 0 bridgehead atoms. The fourth-order valence-electron chi connectivity index (χ4n) is 4.73. The molecule has 3 aromatic carbocycles. The van der Waals surface area contributed by atoms with Crippen molar-refractivity contribution in [3.63, 3.8) is 0 Å². The number of rotatable bonds is 11. The Labute approximate surface area is 250 Å². The van der Waals surface area contributed by atoms with E-state index in [0.717, 1.165) is 26.6 Å². The third-order valence-corrected chi connectivity index (χ3v) is 8.58. The summed E-state index contributed by atoms with van der Waals surface area (Å²) in [4.78, 5) is 29.3. The number of hydrogen-bond donors (Lipinski definition) is 1. The van der Waals surface area contributed by atoms with E-state index in [1.165, 1.54) is 24.1 Å². The first-order valence-corrected chi connectivity index (χ1v) is 15.5. The van der Waals surface area contributed by atoms with E-state index in [1.54, 1.807) is 24.3 Å². The molecule has 2 amide bonds. The van der Waals surface area contributed by atoms with Gasteiger partial charge in [0, 0.05) is 12.1 Å². The summed E-state index contributed by atoms with van der Waals surface area (Å²) in [6.45, 7) is 12.8. The number of carbonyl (C=O) groups excluding carboxylic acids is 2. The molecule has 0 unspecified atom stereocenters. The number of methoxy groups -OCH3 is 1.